The summed E-state index contributed by atoms with van der Waals surface area (Å²) in [5.74, 6) is 0.997. The van der Waals surface area contributed by atoms with Gasteiger partial charge in [-0.05, 0) is 42.7 Å². The molecule has 42 heavy (non-hydrogen) atoms. The zero-order chi connectivity index (χ0) is 29.0. The fourth-order valence-corrected chi connectivity index (χ4v) is 5.97. The van der Waals surface area contributed by atoms with E-state index in [2.05, 4.69) is 58.9 Å². The molecule has 1 heterocycles. The van der Waals surface area contributed by atoms with Crippen molar-refractivity contribution in [2.24, 2.45) is 0 Å². The number of unbranched alkanes of at least 4 members (excludes halogenated alkanes) is 13. The van der Waals surface area contributed by atoms with Crippen LogP contribution in [0.15, 0.2) is 65.6 Å². The lowest BCUT2D eigenvalue weighted by atomic mass is 10.0. The maximum Gasteiger partial charge on any atom is 0.224 e. The Labute approximate surface area is 270 Å². The third-order valence-corrected chi connectivity index (χ3v) is 8.46. The Morgan fingerprint density at radius 1 is 0.810 bits per heavy atom. The average molecular weight is 658 g/mol. The lowest BCUT2D eigenvalue weighted by Gasteiger charge is -2.22. The maximum atomic E-state index is 12.5. The Morgan fingerprint density at radius 3 is 2.05 bits per heavy atom. The molecule has 3 aromatic rings. The van der Waals surface area contributed by atoms with Gasteiger partial charge in [0, 0.05) is 24.7 Å². The zero-order valence-electron chi connectivity index (χ0n) is 26.1. The van der Waals surface area contributed by atoms with Gasteiger partial charge in [0.25, 0.3) is 0 Å². The number of benzene rings is 2. The highest BCUT2D eigenvalue weighted by molar-refractivity contribution is 7.07. The smallest absolute Gasteiger partial charge is 0.224 e. The molecule has 0 aliphatic carbocycles. The Balaban J connectivity index is 0.00000616. The van der Waals surface area contributed by atoms with Crippen LogP contribution < -0.4 is 31.2 Å². The Hall–Kier alpha value is -2.18. The Kier molecular flexibility index (Phi) is 19.2. The first-order valence-electron chi connectivity index (χ1n) is 16.2. The van der Waals surface area contributed by atoms with Gasteiger partial charge in [-0.25, -0.2) is 0 Å². The minimum absolute atomic E-state index is 0. The quantitative estimate of drug-likeness (QED) is 0.0909. The first kappa shape index (κ1) is 36.0. The molecular weight excluding hydrogens is 604 g/mol. The van der Waals surface area contributed by atoms with Crippen LogP contribution in [0.1, 0.15) is 115 Å². The van der Waals surface area contributed by atoms with E-state index < -0.39 is 0 Å². The van der Waals surface area contributed by atoms with Gasteiger partial charge in [-0.3, -0.25) is 4.79 Å². The van der Waals surface area contributed by atoms with Crippen molar-refractivity contribution < 1.29 is 31.1 Å². The van der Waals surface area contributed by atoms with Crippen molar-refractivity contribution in [1.29, 1.82) is 0 Å². The van der Waals surface area contributed by atoms with E-state index in [0.29, 0.717) is 6.54 Å². The van der Waals surface area contributed by atoms with E-state index in [1.807, 2.05) is 23.1 Å². The van der Waals surface area contributed by atoms with Gasteiger partial charge in [0.05, 0.1) is 12.0 Å². The van der Waals surface area contributed by atoms with E-state index in [1.165, 1.54) is 94.6 Å². The van der Waals surface area contributed by atoms with Crippen LogP contribution in [0.5, 0.6) is 5.75 Å². The second kappa shape index (κ2) is 22.4. The van der Waals surface area contributed by atoms with Crippen LogP contribution in [-0.2, 0) is 17.8 Å². The molecule has 232 valence electrons. The van der Waals surface area contributed by atoms with E-state index >= 15 is 0 Å². The lowest BCUT2D eigenvalue weighted by Crippen LogP contribution is -3.00. The first-order chi connectivity index (χ1) is 20.2. The number of ether oxygens (including phenoxy) is 1. The molecule has 0 saturated heterocycles. The molecule has 0 radical (unpaired) electrons. The molecule has 0 bridgehead atoms. The minimum Gasteiger partial charge on any atom is -1.00 e. The molecule has 1 aromatic heterocycles. The SMILES string of the molecule is CCCCCCCCCCCCCCCCOc1cccc(CCN(C(C)=O)c2cccc(C[n+]3ccsc3)c2)c1.[Br-]. The molecular formula is C36H53BrN2O2S. The van der Waals surface area contributed by atoms with Crippen LogP contribution in [0.4, 0.5) is 5.69 Å². The Morgan fingerprint density at radius 2 is 1.43 bits per heavy atom. The summed E-state index contributed by atoms with van der Waals surface area (Å²) in [6.07, 6.45) is 22.0. The highest BCUT2D eigenvalue weighted by Gasteiger charge is 2.13. The van der Waals surface area contributed by atoms with Gasteiger partial charge in [-0.1, -0.05) is 126 Å². The largest absolute Gasteiger partial charge is 1.00 e. The van der Waals surface area contributed by atoms with Crippen molar-refractivity contribution in [2.75, 3.05) is 18.1 Å². The monoisotopic (exact) mass is 656 g/mol. The van der Waals surface area contributed by atoms with Crippen LogP contribution >= 0.6 is 11.3 Å². The number of carbonyl (C=O) groups is 1. The van der Waals surface area contributed by atoms with Crippen LogP contribution in [0.3, 0.4) is 0 Å². The summed E-state index contributed by atoms with van der Waals surface area (Å²) in [4.78, 5) is 14.4. The molecule has 0 saturated carbocycles. The molecule has 0 spiro atoms. The highest BCUT2D eigenvalue weighted by Crippen LogP contribution is 2.20. The first-order valence-corrected chi connectivity index (χ1v) is 17.1. The Bertz CT molecular complexity index is 1110. The van der Waals surface area contributed by atoms with Crippen LogP contribution in [0, 0.1) is 0 Å². The molecule has 6 heteroatoms. The van der Waals surface area contributed by atoms with Crippen molar-refractivity contribution in [3.8, 4) is 5.75 Å². The molecule has 0 N–H and O–H groups in total. The van der Waals surface area contributed by atoms with Gasteiger partial charge in [0.2, 0.25) is 11.4 Å². The van der Waals surface area contributed by atoms with E-state index in [9.17, 15) is 4.79 Å². The number of rotatable bonds is 22. The molecule has 3 rings (SSSR count). The minimum atomic E-state index is 0. The van der Waals surface area contributed by atoms with E-state index in [-0.39, 0.29) is 22.9 Å². The maximum absolute atomic E-state index is 12.5. The van der Waals surface area contributed by atoms with Crippen LogP contribution in [0.2, 0.25) is 0 Å². The average Bonchev–Trinajstić information content (AvgIpc) is 3.48. The number of nitrogens with zero attached hydrogens (tertiary/aromatic N) is 2. The molecule has 0 aliphatic heterocycles. The van der Waals surface area contributed by atoms with Crippen LogP contribution in [-0.4, -0.2) is 19.1 Å². The summed E-state index contributed by atoms with van der Waals surface area (Å²) < 4.78 is 8.24. The zero-order valence-corrected chi connectivity index (χ0v) is 28.5. The molecule has 0 atom stereocenters. The van der Waals surface area contributed by atoms with Crippen molar-refractivity contribution >= 4 is 22.9 Å². The summed E-state index contributed by atoms with van der Waals surface area (Å²) in [5, 5.41) is 2.07. The summed E-state index contributed by atoms with van der Waals surface area (Å²) >= 11 is 1.68. The summed E-state index contributed by atoms with van der Waals surface area (Å²) in [7, 11) is 0. The van der Waals surface area contributed by atoms with Gasteiger partial charge >= 0.3 is 0 Å². The number of halogens is 1. The lowest BCUT2D eigenvalue weighted by molar-refractivity contribution is -0.683. The van der Waals surface area contributed by atoms with Gasteiger partial charge < -0.3 is 26.6 Å². The van der Waals surface area contributed by atoms with Crippen LogP contribution in [0.25, 0.3) is 0 Å². The molecule has 2 aromatic carbocycles. The number of hydrogen-bond donors (Lipinski definition) is 0. The van der Waals surface area contributed by atoms with Crippen molar-refractivity contribution in [3.63, 3.8) is 0 Å². The third-order valence-electron chi connectivity index (χ3n) is 7.78. The van der Waals surface area contributed by atoms with Crippen molar-refractivity contribution in [3.05, 3.63) is 76.7 Å². The highest BCUT2D eigenvalue weighted by atomic mass is 79.9. The molecule has 0 fully saturated rings. The van der Waals surface area contributed by atoms with Gasteiger partial charge in [0.15, 0.2) is 12.7 Å². The number of carbonyl (C=O) groups excluding carboxylic acids is 1. The predicted molar refractivity (Wildman–Crippen MR) is 174 cm³/mol. The van der Waals surface area contributed by atoms with Gasteiger partial charge in [-0.15, -0.1) is 0 Å². The van der Waals surface area contributed by atoms with E-state index in [1.54, 1.807) is 18.3 Å². The third kappa shape index (κ3) is 14.8. The number of hydrogen-bond acceptors (Lipinski definition) is 3. The summed E-state index contributed by atoms with van der Waals surface area (Å²) in [6.45, 7) is 6.16. The normalized spacial score (nSPS) is 10.8. The van der Waals surface area contributed by atoms with Gasteiger partial charge in [0.1, 0.15) is 5.75 Å². The van der Waals surface area contributed by atoms with Crippen molar-refractivity contribution in [2.45, 2.75) is 117 Å². The van der Waals surface area contributed by atoms with Gasteiger partial charge in [-0.2, -0.15) is 4.57 Å². The fraction of sp³-hybridized carbons (Fsp3) is 0.556. The molecule has 4 nitrogen and oxygen atoms in total. The number of anilines is 1. The van der Waals surface area contributed by atoms with E-state index in [4.69, 9.17) is 4.74 Å². The standard InChI is InChI=1S/C36H53N2O2S.BrH/c1-3-4-5-6-7-8-9-10-11-12-13-14-15-16-26-40-36-22-18-19-33(29-36)23-24-38(32(2)39)35-21-17-20-34(28-35)30-37-25-27-41-31-37;/h17-22,25,27-29,31H,3-16,23-24,26,30H2,1-2H3;1H/q+1;/p-1. The van der Waals surface area contributed by atoms with Crippen molar-refractivity contribution in [1.82, 2.24) is 0 Å². The number of thiazole rings is 1. The second-order valence-electron chi connectivity index (χ2n) is 11.4. The number of amides is 1. The molecule has 0 unspecified atom stereocenters. The topological polar surface area (TPSA) is 33.4 Å². The number of aromatic nitrogens is 1. The fourth-order valence-electron chi connectivity index (χ4n) is 5.37. The van der Waals surface area contributed by atoms with E-state index in [0.717, 1.165) is 37.4 Å². The molecule has 1 amide bonds. The molecule has 0 aliphatic rings. The second-order valence-corrected chi connectivity index (χ2v) is 12.1. The summed E-state index contributed by atoms with van der Waals surface area (Å²) in [5.41, 5.74) is 5.44. The predicted octanol–water partition coefficient (Wildman–Crippen LogP) is 6.54. The summed E-state index contributed by atoms with van der Waals surface area (Å²) in [6, 6.07) is 16.7.